The second kappa shape index (κ2) is 7.07. The molecule has 3 heterocycles. The molecule has 0 bridgehead atoms. The molecule has 4 rings (SSSR count). The van der Waals surface area contributed by atoms with Crippen molar-refractivity contribution in [2.75, 3.05) is 13.1 Å². The van der Waals surface area contributed by atoms with Gasteiger partial charge in [-0.2, -0.15) is 0 Å². The Hall–Kier alpha value is -2.66. The Kier molecular flexibility index (Phi) is 4.48. The highest BCUT2D eigenvalue weighted by atomic mass is 16.1. The number of likely N-dealkylation sites (tertiary alicyclic amines) is 1. The molecule has 2 aromatic heterocycles. The van der Waals surface area contributed by atoms with E-state index in [2.05, 4.69) is 39.5 Å². The van der Waals surface area contributed by atoms with E-state index >= 15 is 0 Å². The molecule has 1 amide bonds. The fourth-order valence-corrected chi connectivity index (χ4v) is 3.47. The predicted octanol–water partition coefficient (Wildman–Crippen LogP) is 2.73. The minimum Gasteiger partial charge on any atom is -0.349 e. The summed E-state index contributed by atoms with van der Waals surface area (Å²) < 4.78 is 1.87. The van der Waals surface area contributed by atoms with Gasteiger partial charge < -0.3 is 9.72 Å². The molecule has 1 N–H and O–H groups in total. The van der Waals surface area contributed by atoms with Gasteiger partial charge >= 0.3 is 0 Å². The summed E-state index contributed by atoms with van der Waals surface area (Å²) in [5.41, 5.74) is 2.69. The third-order valence-corrected chi connectivity index (χ3v) is 4.84. The van der Waals surface area contributed by atoms with Crippen molar-refractivity contribution >= 4 is 11.6 Å². The van der Waals surface area contributed by atoms with Crippen LogP contribution in [-0.2, 0) is 6.54 Å². The molecule has 0 saturated carbocycles. The van der Waals surface area contributed by atoms with E-state index in [1.54, 1.807) is 6.20 Å². The normalized spacial score (nSPS) is 16.2. The third kappa shape index (κ3) is 3.56. The van der Waals surface area contributed by atoms with Gasteiger partial charge in [-0.1, -0.05) is 30.3 Å². The maximum atomic E-state index is 12.6. The summed E-state index contributed by atoms with van der Waals surface area (Å²) in [6.45, 7) is 3.00. The number of carbonyl (C=O) groups excluding carboxylic acids is 1. The number of pyridine rings is 1. The topological polar surface area (TPSA) is 49.6 Å². The first-order valence-corrected chi connectivity index (χ1v) is 8.78. The molecule has 0 unspecified atom stereocenters. The zero-order chi connectivity index (χ0) is 17.1. The first kappa shape index (κ1) is 15.8. The van der Waals surface area contributed by atoms with Crippen LogP contribution in [0.25, 0.3) is 5.65 Å². The van der Waals surface area contributed by atoms with Gasteiger partial charge in [-0.25, -0.2) is 4.98 Å². The Morgan fingerprint density at radius 2 is 1.88 bits per heavy atom. The molecule has 128 valence electrons. The summed E-state index contributed by atoms with van der Waals surface area (Å²) in [6, 6.07) is 14.5. The van der Waals surface area contributed by atoms with Crippen LogP contribution in [0.3, 0.4) is 0 Å². The Morgan fingerprint density at radius 1 is 1.08 bits per heavy atom. The van der Waals surface area contributed by atoms with E-state index in [1.807, 2.05) is 35.0 Å². The van der Waals surface area contributed by atoms with Gasteiger partial charge in [0.1, 0.15) is 5.65 Å². The fraction of sp³-hybridized carbons (Fsp3) is 0.300. The van der Waals surface area contributed by atoms with E-state index in [4.69, 9.17) is 0 Å². The Morgan fingerprint density at radius 3 is 2.68 bits per heavy atom. The predicted molar refractivity (Wildman–Crippen MR) is 97.4 cm³/mol. The van der Waals surface area contributed by atoms with Gasteiger partial charge in [-0.3, -0.25) is 9.69 Å². The van der Waals surface area contributed by atoms with Gasteiger partial charge in [-0.15, -0.1) is 0 Å². The van der Waals surface area contributed by atoms with Gasteiger partial charge in [0.2, 0.25) is 0 Å². The molecule has 0 spiro atoms. The lowest BCUT2D eigenvalue weighted by Gasteiger charge is -2.32. The van der Waals surface area contributed by atoms with Crippen LogP contribution in [0.5, 0.6) is 0 Å². The van der Waals surface area contributed by atoms with Crippen LogP contribution >= 0.6 is 0 Å². The van der Waals surface area contributed by atoms with Crippen LogP contribution < -0.4 is 5.32 Å². The molecule has 25 heavy (non-hydrogen) atoms. The van der Waals surface area contributed by atoms with E-state index in [0.29, 0.717) is 11.2 Å². The van der Waals surface area contributed by atoms with Crippen LogP contribution in [0.1, 0.15) is 28.8 Å². The fourth-order valence-electron chi connectivity index (χ4n) is 3.47. The van der Waals surface area contributed by atoms with Crippen molar-refractivity contribution in [1.82, 2.24) is 19.6 Å². The summed E-state index contributed by atoms with van der Waals surface area (Å²) in [5.74, 6) is -0.0293. The van der Waals surface area contributed by atoms with E-state index in [9.17, 15) is 4.79 Å². The molecular weight excluding hydrogens is 312 g/mol. The zero-order valence-electron chi connectivity index (χ0n) is 14.1. The molecule has 1 aliphatic rings. The van der Waals surface area contributed by atoms with Crippen LogP contribution in [0.15, 0.2) is 61.1 Å². The van der Waals surface area contributed by atoms with Crippen LogP contribution in [-0.4, -0.2) is 39.3 Å². The van der Waals surface area contributed by atoms with Crippen LogP contribution in [0.4, 0.5) is 0 Å². The maximum Gasteiger partial charge on any atom is 0.255 e. The molecule has 1 aromatic carbocycles. The minimum atomic E-state index is -0.0293. The molecule has 5 heteroatoms. The summed E-state index contributed by atoms with van der Waals surface area (Å²) in [6.07, 6.45) is 7.44. The highest BCUT2D eigenvalue weighted by Gasteiger charge is 2.22. The number of amides is 1. The zero-order valence-corrected chi connectivity index (χ0v) is 14.1. The quantitative estimate of drug-likeness (QED) is 0.798. The number of carbonyl (C=O) groups is 1. The maximum absolute atomic E-state index is 12.6. The number of nitrogens with zero attached hydrogens (tertiary/aromatic N) is 3. The standard InChI is InChI=1S/C20H22N4O/c25-20(18-7-4-11-24-14-10-21-19(18)24)22-17-8-12-23(13-9-17)15-16-5-2-1-3-6-16/h1-7,10-11,14,17H,8-9,12-13,15H2,(H,22,25). The van der Waals surface area contributed by atoms with Crippen molar-refractivity contribution in [3.8, 4) is 0 Å². The van der Waals surface area contributed by atoms with Crippen molar-refractivity contribution in [2.45, 2.75) is 25.4 Å². The highest BCUT2D eigenvalue weighted by Crippen LogP contribution is 2.15. The molecule has 1 saturated heterocycles. The average molecular weight is 334 g/mol. The van der Waals surface area contributed by atoms with Gasteiger partial charge in [0.05, 0.1) is 5.56 Å². The Bertz CT molecular complexity index is 850. The van der Waals surface area contributed by atoms with Crippen molar-refractivity contribution in [3.05, 3.63) is 72.2 Å². The summed E-state index contributed by atoms with van der Waals surface area (Å²) in [5, 5.41) is 3.18. The van der Waals surface area contributed by atoms with Gasteiger partial charge in [0.15, 0.2) is 0 Å². The number of rotatable bonds is 4. The molecule has 0 atom stereocenters. The Balaban J connectivity index is 1.34. The van der Waals surface area contributed by atoms with Crippen LogP contribution in [0, 0.1) is 0 Å². The summed E-state index contributed by atoms with van der Waals surface area (Å²) in [4.78, 5) is 19.4. The first-order chi connectivity index (χ1) is 12.3. The van der Waals surface area contributed by atoms with E-state index < -0.39 is 0 Å². The lowest BCUT2D eigenvalue weighted by Crippen LogP contribution is -2.44. The van der Waals surface area contributed by atoms with Gasteiger partial charge in [0, 0.05) is 44.3 Å². The lowest BCUT2D eigenvalue weighted by atomic mass is 10.0. The highest BCUT2D eigenvalue weighted by molar-refractivity contribution is 5.99. The van der Waals surface area contributed by atoms with Gasteiger partial charge in [-0.05, 0) is 30.5 Å². The monoisotopic (exact) mass is 334 g/mol. The third-order valence-electron chi connectivity index (χ3n) is 4.84. The van der Waals surface area contributed by atoms with Gasteiger partial charge in [0.25, 0.3) is 5.91 Å². The minimum absolute atomic E-state index is 0.0293. The molecular formula is C20H22N4O. The number of piperidine rings is 1. The molecule has 5 nitrogen and oxygen atoms in total. The molecule has 0 radical (unpaired) electrons. The summed E-state index contributed by atoms with van der Waals surface area (Å²) >= 11 is 0. The van der Waals surface area contributed by atoms with Crippen molar-refractivity contribution < 1.29 is 4.79 Å². The van der Waals surface area contributed by atoms with Crippen molar-refractivity contribution in [3.63, 3.8) is 0 Å². The molecule has 3 aromatic rings. The van der Waals surface area contributed by atoms with E-state index in [-0.39, 0.29) is 11.9 Å². The van der Waals surface area contributed by atoms with Crippen LogP contribution in [0.2, 0.25) is 0 Å². The smallest absolute Gasteiger partial charge is 0.255 e. The number of fused-ring (bicyclic) bond motifs is 1. The number of imidazole rings is 1. The first-order valence-electron chi connectivity index (χ1n) is 8.78. The van der Waals surface area contributed by atoms with Crippen molar-refractivity contribution in [2.24, 2.45) is 0 Å². The second-order valence-electron chi connectivity index (χ2n) is 6.59. The second-order valence-corrected chi connectivity index (χ2v) is 6.59. The number of benzene rings is 1. The van der Waals surface area contributed by atoms with E-state index in [1.165, 1.54) is 5.56 Å². The Labute approximate surface area is 147 Å². The van der Waals surface area contributed by atoms with Crippen molar-refractivity contribution in [1.29, 1.82) is 0 Å². The largest absolute Gasteiger partial charge is 0.349 e. The lowest BCUT2D eigenvalue weighted by molar-refractivity contribution is 0.0910. The molecule has 1 aliphatic heterocycles. The van der Waals surface area contributed by atoms with E-state index in [0.717, 1.165) is 32.5 Å². The average Bonchev–Trinajstić information content (AvgIpc) is 3.13. The number of nitrogens with one attached hydrogen (secondary N) is 1. The molecule has 0 aliphatic carbocycles. The number of hydrogen-bond acceptors (Lipinski definition) is 3. The summed E-state index contributed by atoms with van der Waals surface area (Å²) in [7, 11) is 0. The molecule has 1 fully saturated rings. The number of aromatic nitrogens is 2. The SMILES string of the molecule is O=C(NC1CCN(Cc2ccccc2)CC1)c1cccn2ccnc12. The number of hydrogen-bond donors (Lipinski definition) is 1.